The van der Waals surface area contributed by atoms with E-state index in [9.17, 15) is 0 Å². The minimum Gasteiger partial charge on any atom is -0.410 e. The Labute approximate surface area is 132 Å². The molecule has 0 unspecified atom stereocenters. The second-order valence-corrected chi connectivity index (χ2v) is 7.57. The average Bonchev–Trinajstić information content (AvgIpc) is 3.09. The van der Waals surface area contributed by atoms with Gasteiger partial charge in [-0.25, -0.2) is 0 Å². The van der Waals surface area contributed by atoms with Crippen molar-refractivity contribution in [3.05, 3.63) is 16.5 Å². The van der Waals surface area contributed by atoms with Crippen molar-refractivity contribution >= 4 is 23.1 Å². The van der Waals surface area contributed by atoms with Gasteiger partial charge in [0.05, 0.1) is 10.9 Å². The number of hydrogen-bond donors (Lipinski definition) is 0. The number of rotatable bonds is 5. The largest absolute Gasteiger partial charge is 0.410 e. The fraction of sp³-hybridized carbons (Fsp3) is 0.533. The summed E-state index contributed by atoms with van der Waals surface area (Å²) < 4.78 is 5.72. The maximum absolute atomic E-state index is 8.51. The summed E-state index contributed by atoms with van der Waals surface area (Å²) in [4.78, 5) is 2.56. The fourth-order valence-electron chi connectivity index (χ4n) is 2.49. The van der Waals surface area contributed by atoms with E-state index >= 15 is 0 Å². The van der Waals surface area contributed by atoms with Crippen LogP contribution in [-0.4, -0.2) is 16.0 Å². The maximum atomic E-state index is 8.51. The van der Waals surface area contributed by atoms with Gasteiger partial charge in [0.25, 0.3) is 11.1 Å². The summed E-state index contributed by atoms with van der Waals surface area (Å²) in [5, 5.41) is 17.3. The highest BCUT2D eigenvalue weighted by Crippen LogP contribution is 2.37. The summed E-state index contributed by atoms with van der Waals surface area (Å²) in [7, 11) is 0. The van der Waals surface area contributed by atoms with Crippen LogP contribution in [0.3, 0.4) is 0 Å². The van der Waals surface area contributed by atoms with E-state index < -0.39 is 0 Å². The van der Waals surface area contributed by atoms with Crippen molar-refractivity contribution in [2.45, 2.75) is 44.3 Å². The van der Waals surface area contributed by atoms with Gasteiger partial charge >= 0.3 is 0 Å². The van der Waals surface area contributed by atoms with Gasteiger partial charge in [0.2, 0.25) is 0 Å². The van der Waals surface area contributed by atoms with Gasteiger partial charge in [-0.1, -0.05) is 18.7 Å². The second kappa shape index (κ2) is 6.63. The third-order valence-electron chi connectivity index (χ3n) is 3.60. The summed E-state index contributed by atoms with van der Waals surface area (Å²) in [6.07, 6.45) is 5.03. The van der Waals surface area contributed by atoms with Gasteiger partial charge in [0, 0.05) is 17.1 Å². The number of thioether (sulfide) groups is 1. The molecule has 0 N–H and O–H groups in total. The molecule has 6 heteroatoms. The Bertz CT molecular complexity index is 656. The van der Waals surface area contributed by atoms with Crippen LogP contribution in [0.15, 0.2) is 15.7 Å². The lowest BCUT2D eigenvalue weighted by molar-refractivity contribution is 0.466. The van der Waals surface area contributed by atoms with Crippen LogP contribution in [0.2, 0.25) is 0 Å². The molecule has 21 heavy (non-hydrogen) atoms. The Hall–Kier alpha value is -1.32. The van der Waals surface area contributed by atoms with Crippen LogP contribution in [0.1, 0.15) is 36.6 Å². The molecule has 1 atom stereocenters. The van der Waals surface area contributed by atoms with Gasteiger partial charge in [-0.15, -0.1) is 21.5 Å². The normalized spacial score (nSPS) is 17.4. The highest BCUT2D eigenvalue weighted by molar-refractivity contribution is 7.99. The quantitative estimate of drug-likeness (QED) is 0.606. The second-order valence-electron chi connectivity index (χ2n) is 5.39. The third kappa shape index (κ3) is 3.47. The fourth-order valence-corrected chi connectivity index (χ4v) is 4.32. The zero-order valence-electron chi connectivity index (χ0n) is 12.0. The highest BCUT2D eigenvalue weighted by atomic mass is 32.2. The van der Waals surface area contributed by atoms with Gasteiger partial charge < -0.3 is 4.42 Å². The van der Waals surface area contributed by atoms with Crippen molar-refractivity contribution < 1.29 is 4.42 Å². The Balaban J connectivity index is 1.68. The van der Waals surface area contributed by atoms with E-state index in [4.69, 9.17) is 9.68 Å². The molecule has 1 aliphatic rings. The van der Waals surface area contributed by atoms with Crippen molar-refractivity contribution in [3.63, 3.8) is 0 Å². The third-order valence-corrected chi connectivity index (χ3v) is 5.73. The molecule has 0 saturated carbocycles. The molecule has 0 aliphatic heterocycles. The Morgan fingerprint density at radius 2 is 2.43 bits per heavy atom. The predicted molar refractivity (Wildman–Crippen MR) is 84.4 cm³/mol. The Morgan fingerprint density at radius 1 is 1.52 bits per heavy atom. The first-order valence-corrected chi connectivity index (χ1v) is 9.01. The number of nitriles is 1. The number of aryl methyl sites for hydroxylation is 1. The Kier molecular flexibility index (Phi) is 4.61. The van der Waals surface area contributed by atoms with E-state index in [1.165, 1.54) is 35.0 Å². The van der Waals surface area contributed by atoms with E-state index in [1.54, 1.807) is 11.3 Å². The summed E-state index contributed by atoms with van der Waals surface area (Å²) in [5.74, 6) is 2.24. The molecule has 0 spiro atoms. The molecule has 0 bridgehead atoms. The van der Waals surface area contributed by atoms with Gasteiger partial charge in [-0.2, -0.15) is 5.26 Å². The van der Waals surface area contributed by atoms with Crippen LogP contribution in [0.5, 0.6) is 0 Å². The zero-order chi connectivity index (χ0) is 14.7. The SMILES string of the molecule is C[C@H]1CCc2sc(-c3nnc(SCCCC#N)o3)cc2C1. The number of aromatic nitrogens is 2. The molecule has 0 radical (unpaired) electrons. The first-order valence-electron chi connectivity index (χ1n) is 7.21. The standard InChI is InChI=1S/C15H17N3OS2/c1-10-4-5-12-11(8-10)9-13(21-12)14-17-18-15(19-14)20-7-3-2-6-16/h9-10H,2-5,7-8H2,1H3/t10-/m0/s1. The predicted octanol–water partition coefficient (Wildman–Crippen LogP) is 4.32. The van der Waals surface area contributed by atoms with Crippen LogP contribution in [0.25, 0.3) is 10.8 Å². The van der Waals surface area contributed by atoms with E-state index in [0.717, 1.165) is 29.4 Å². The topological polar surface area (TPSA) is 62.7 Å². The van der Waals surface area contributed by atoms with Gasteiger partial charge in [0.1, 0.15) is 0 Å². The molecule has 0 fully saturated rings. The van der Waals surface area contributed by atoms with E-state index in [0.29, 0.717) is 17.5 Å². The first kappa shape index (κ1) is 14.6. The number of unbranched alkanes of at least 4 members (excludes halogenated alkanes) is 1. The molecule has 1 aliphatic carbocycles. The van der Waals surface area contributed by atoms with E-state index in [2.05, 4.69) is 29.3 Å². The van der Waals surface area contributed by atoms with Crippen LogP contribution in [0, 0.1) is 17.2 Å². The summed E-state index contributed by atoms with van der Waals surface area (Å²) >= 11 is 3.31. The molecule has 2 heterocycles. The Morgan fingerprint density at radius 3 is 3.29 bits per heavy atom. The summed E-state index contributed by atoms with van der Waals surface area (Å²) in [6.45, 7) is 2.31. The molecule has 2 aromatic heterocycles. The summed E-state index contributed by atoms with van der Waals surface area (Å²) in [5.41, 5.74) is 1.45. The molecule has 4 nitrogen and oxygen atoms in total. The summed E-state index contributed by atoms with van der Waals surface area (Å²) in [6, 6.07) is 4.35. The van der Waals surface area contributed by atoms with E-state index in [1.807, 2.05) is 0 Å². The molecule has 0 saturated heterocycles. The number of nitrogens with zero attached hydrogens (tertiary/aromatic N) is 3. The molecule has 0 amide bonds. The number of fused-ring (bicyclic) bond motifs is 1. The molecular formula is C15H17N3OS2. The number of hydrogen-bond acceptors (Lipinski definition) is 6. The lowest BCUT2D eigenvalue weighted by Crippen LogP contribution is -2.07. The van der Waals surface area contributed by atoms with Crippen LogP contribution in [0.4, 0.5) is 0 Å². The van der Waals surface area contributed by atoms with Crippen molar-refractivity contribution in [2.75, 3.05) is 5.75 Å². The maximum Gasteiger partial charge on any atom is 0.276 e. The van der Waals surface area contributed by atoms with Gasteiger partial charge in [-0.05, 0) is 43.2 Å². The average molecular weight is 319 g/mol. The first-order chi connectivity index (χ1) is 10.3. The van der Waals surface area contributed by atoms with Crippen LogP contribution >= 0.6 is 23.1 Å². The number of thiophene rings is 1. The highest BCUT2D eigenvalue weighted by Gasteiger charge is 2.20. The molecule has 110 valence electrons. The van der Waals surface area contributed by atoms with Crippen LogP contribution in [-0.2, 0) is 12.8 Å². The van der Waals surface area contributed by atoms with E-state index in [-0.39, 0.29) is 0 Å². The van der Waals surface area contributed by atoms with Crippen molar-refractivity contribution in [2.24, 2.45) is 5.92 Å². The molecule has 3 rings (SSSR count). The molecular weight excluding hydrogens is 302 g/mol. The van der Waals surface area contributed by atoms with Gasteiger partial charge in [0.15, 0.2) is 0 Å². The molecule has 0 aromatic carbocycles. The smallest absolute Gasteiger partial charge is 0.276 e. The van der Waals surface area contributed by atoms with Crippen molar-refractivity contribution in [3.8, 4) is 16.8 Å². The minimum atomic E-state index is 0.573. The lowest BCUT2D eigenvalue weighted by Gasteiger charge is -2.16. The van der Waals surface area contributed by atoms with Crippen molar-refractivity contribution in [1.29, 1.82) is 5.26 Å². The van der Waals surface area contributed by atoms with Gasteiger partial charge in [-0.3, -0.25) is 0 Å². The van der Waals surface area contributed by atoms with Crippen molar-refractivity contribution in [1.82, 2.24) is 10.2 Å². The minimum absolute atomic E-state index is 0.573. The zero-order valence-corrected chi connectivity index (χ0v) is 13.6. The monoisotopic (exact) mass is 319 g/mol. The lowest BCUT2D eigenvalue weighted by atomic mass is 9.90. The van der Waals surface area contributed by atoms with Crippen LogP contribution < -0.4 is 0 Å². The molecule has 2 aromatic rings.